The van der Waals surface area contributed by atoms with Gasteiger partial charge < -0.3 is 5.32 Å². The minimum absolute atomic E-state index is 0.0213. The standard InChI is InChI=1S/C10H13NOS/c1-2-8-11-10(12)13-9-6-4-3-5-7-9/h3-7H,2,8H2,1H3,(H,11,12). The van der Waals surface area contributed by atoms with E-state index in [2.05, 4.69) is 5.32 Å². The van der Waals surface area contributed by atoms with Crippen molar-refractivity contribution in [2.24, 2.45) is 0 Å². The normalized spacial score (nSPS) is 9.62. The lowest BCUT2D eigenvalue weighted by molar-refractivity contribution is 0.260. The van der Waals surface area contributed by atoms with Gasteiger partial charge in [-0.15, -0.1) is 0 Å². The number of amides is 1. The molecular formula is C10H13NOS. The largest absolute Gasteiger partial charge is 0.347 e. The number of carbonyl (C=O) groups is 1. The minimum atomic E-state index is 0.0213. The van der Waals surface area contributed by atoms with Gasteiger partial charge in [-0.1, -0.05) is 25.1 Å². The average molecular weight is 195 g/mol. The van der Waals surface area contributed by atoms with Crippen molar-refractivity contribution in [2.75, 3.05) is 6.54 Å². The first-order valence-electron chi connectivity index (χ1n) is 4.33. The quantitative estimate of drug-likeness (QED) is 0.751. The molecular weight excluding hydrogens is 182 g/mol. The van der Waals surface area contributed by atoms with Crippen molar-refractivity contribution in [1.29, 1.82) is 0 Å². The Hall–Kier alpha value is -0.960. The predicted octanol–water partition coefficient (Wildman–Crippen LogP) is 2.90. The molecule has 13 heavy (non-hydrogen) atoms. The highest BCUT2D eigenvalue weighted by atomic mass is 32.2. The molecule has 1 amide bonds. The minimum Gasteiger partial charge on any atom is -0.347 e. The fourth-order valence-electron chi connectivity index (χ4n) is 0.859. The highest BCUT2D eigenvalue weighted by Crippen LogP contribution is 2.17. The van der Waals surface area contributed by atoms with E-state index in [1.54, 1.807) is 0 Å². The molecule has 1 aromatic rings. The van der Waals surface area contributed by atoms with Gasteiger partial charge in [-0.3, -0.25) is 4.79 Å². The van der Waals surface area contributed by atoms with Crippen LogP contribution in [0.4, 0.5) is 4.79 Å². The van der Waals surface area contributed by atoms with Gasteiger partial charge in [-0.25, -0.2) is 0 Å². The van der Waals surface area contributed by atoms with E-state index in [-0.39, 0.29) is 5.24 Å². The van der Waals surface area contributed by atoms with Crippen LogP contribution in [0.5, 0.6) is 0 Å². The van der Waals surface area contributed by atoms with E-state index in [1.165, 1.54) is 11.8 Å². The van der Waals surface area contributed by atoms with E-state index in [0.717, 1.165) is 17.9 Å². The zero-order valence-electron chi connectivity index (χ0n) is 7.62. The van der Waals surface area contributed by atoms with Crippen LogP contribution in [0.2, 0.25) is 0 Å². The van der Waals surface area contributed by atoms with Crippen molar-refractivity contribution in [3.05, 3.63) is 30.3 Å². The Morgan fingerprint density at radius 1 is 1.38 bits per heavy atom. The lowest BCUT2D eigenvalue weighted by Gasteiger charge is -2.01. The van der Waals surface area contributed by atoms with E-state index in [0.29, 0.717) is 0 Å². The van der Waals surface area contributed by atoms with Crippen LogP contribution in [-0.4, -0.2) is 11.8 Å². The van der Waals surface area contributed by atoms with Gasteiger partial charge in [0.15, 0.2) is 0 Å². The smallest absolute Gasteiger partial charge is 0.283 e. The molecule has 0 radical (unpaired) electrons. The van der Waals surface area contributed by atoms with Crippen molar-refractivity contribution < 1.29 is 4.79 Å². The van der Waals surface area contributed by atoms with Gasteiger partial charge in [0.25, 0.3) is 5.24 Å². The first kappa shape index (κ1) is 10.1. The van der Waals surface area contributed by atoms with Crippen LogP contribution in [0.15, 0.2) is 35.2 Å². The number of thioether (sulfide) groups is 1. The molecule has 0 saturated heterocycles. The monoisotopic (exact) mass is 195 g/mol. The van der Waals surface area contributed by atoms with Crippen LogP contribution in [0.3, 0.4) is 0 Å². The summed E-state index contributed by atoms with van der Waals surface area (Å²) in [7, 11) is 0. The Morgan fingerprint density at radius 3 is 2.69 bits per heavy atom. The Labute approximate surface area is 82.7 Å². The van der Waals surface area contributed by atoms with Gasteiger partial charge in [0, 0.05) is 11.4 Å². The summed E-state index contributed by atoms with van der Waals surface area (Å²) in [6.07, 6.45) is 0.973. The molecule has 1 aromatic carbocycles. The molecule has 1 N–H and O–H groups in total. The molecule has 0 bridgehead atoms. The molecule has 2 nitrogen and oxygen atoms in total. The van der Waals surface area contributed by atoms with Crippen molar-refractivity contribution >= 4 is 17.0 Å². The third kappa shape index (κ3) is 3.99. The molecule has 0 saturated carbocycles. The zero-order chi connectivity index (χ0) is 9.52. The van der Waals surface area contributed by atoms with Gasteiger partial charge in [0.2, 0.25) is 0 Å². The first-order valence-corrected chi connectivity index (χ1v) is 5.15. The summed E-state index contributed by atoms with van der Waals surface area (Å²) < 4.78 is 0. The summed E-state index contributed by atoms with van der Waals surface area (Å²) in [5.74, 6) is 0. The summed E-state index contributed by atoms with van der Waals surface area (Å²) in [5.41, 5.74) is 0. The van der Waals surface area contributed by atoms with Crippen molar-refractivity contribution in [2.45, 2.75) is 18.2 Å². The van der Waals surface area contributed by atoms with E-state index >= 15 is 0 Å². The second-order valence-electron chi connectivity index (χ2n) is 2.63. The number of benzene rings is 1. The zero-order valence-corrected chi connectivity index (χ0v) is 8.43. The Bertz CT molecular complexity index is 261. The SMILES string of the molecule is CCCNC(=O)Sc1ccccc1. The van der Waals surface area contributed by atoms with Gasteiger partial charge in [-0.05, 0) is 30.3 Å². The van der Waals surface area contributed by atoms with Crippen molar-refractivity contribution in [1.82, 2.24) is 5.32 Å². The van der Waals surface area contributed by atoms with Gasteiger partial charge in [-0.2, -0.15) is 0 Å². The van der Waals surface area contributed by atoms with E-state index in [1.807, 2.05) is 37.3 Å². The number of hydrogen-bond donors (Lipinski definition) is 1. The molecule has 0 aliphatic heterocycles. The number of carbonyl (C=O) groups excluding carboxylic acids is 1. The molecule has 70 valence electrons. The third-order valence-corrected chi connectivity index (χ3v) is 2.31. The van der Waals surface area contributed by atoms with E-state index < -0.39 is 0 Å². The van der Waals surface area contributed by atoms with Crippen molar-refractivity contribution in [3.63, 3.8) is 0 Å². The lowest BCUT2D eigenvalue weighted by Crippen LogP contribution is -2.18. The summed E-state index contributed by atoms with van der Waals surface area (Å²) in [5, 5.41) is 2.83. The molecule has 0 fully saturated rings. The summed E-state index contributed by atoms with van der Waals surface area (Å²) in [6.45, 7) is 2.78. The topological polar surface area (TPSA) is 29.1 Å². The third-order valence-electron chi connectivity index (χ3n) is 1.47. The second kappa shape index (κ2) is 5.65. The molecule has 3 heteroatoms. The fourth-order valence-corrected chi connectivity index (χ4v) is 1.54. The highest BCUT2D eigenvalue weighted by Gasteiger charge is 2.01. The predicted molar refractivity (Wildman–Crippen MR) is 56.0 cm³/mol. The lowest BCUT2D eigenvalue weighted by atomic mass is 10.4. The van der Waals surface area contributed by atoms with Crippen LogP contribution in [-0.2, 0) is 0 Å². The van der Waals surface area contributed by atoms with Gasteiger partial charge in [0.05, 0.1) is 0 Å². The van der Waals surface area contributed by atoms with Crippen LogP contribution in [0, 0.1) is 0 Å². The van der Waals surface area contributed by atoms with E-state index in [9.17, 15) is 4.79 Å². The van der Waals surface area contributed by atoms with E-state index in [4.69, 9.17) is 0 Å². The van der Waals surface area contributed by atoms with Crippen molar-refractivity contribution in [3.8, 4) is 0 Å². The summed E-state index contributed by atoms with van der Waals surface area (Å²) in [6, 6.07) is 9.64. The molecule has 0 aliphatic carbocycles. The van der Waals surface area contributed by atoms with Gasteiger partial charge >= 0.3 is 0 Å². The fraction of sp³-hybridized carbons (Fsp3) is 0.300. The summed E-state index contributed by atoms with van der Waals surface area (Å²) in [4.78, 5) is 12.2. The van der Waals surface area contributed by atoms with Crippen LogP contribution in [0.25, 0.3) is 0 Å². The Kier molecular flexibility index (Phi) is 4.40. The maximum atomic E-state index is 11.2. The Morgan fingerprint density at radius 2 is 2.08 bits per heavy atom. The van der Waals surface area contributed by atoms with Crippen LogP contribution >= 0.6 is 11.8 Å². The second-order valence-corrected chi connectivity index (χ2v) is 3.68. The van der Waals surface area contributed by atoms with Crippen LogP contribution < -0.4 is 5.32 Å². The number of hydrogen-bond acceptors (Lipinski definition) is 2. The maximum absolute atomic E-state index is 11.2. The number of rotatable bonds is 3. The van der Waals surface area contributed by atoms with Crippen LogP contribution in [0.1, 0.15) is 13.3 Å². The molecule has 0 heterocycles. The molecule has 0 unspecified atom stereocenters. The molecule has 0 spiro atoms. The Balaban J connectivity index is 2.37. The number of nitrogens with one attached hydrogen (secondary N) is 1. The molecule has 0 aromatic heterocycles. The molecule has 1 rings (SSSR count). The maximum Gasteiger partial charge on any atom is 0.283 e. The average Bonchev–Trinajstić information content (AvgIpc) is 2.16. The molecule has 0 aliphatic rings. The summed E-state index contributed by atoms with van der Waals surface area (Å²) >= 11 is 1.23. The van der Waals surface area contributed by atoms with Gasteiger partial charge in [0.1, 0.15) is 0 Å². The molecule has 0 atom stereocenters. The highest BCUT2D eigenvalue weighted by molar-refractivity contribution is 8.13. The first-order chi connectivity index (χ1) is 6.33.